The number of esters is 1. The predicted octanol–water partition coefficient (Wildman–Crippen LogP) is 3.75. The molecule has 0 bridgehead atoms. The van der Waals surface area contributed by atoms with Crippen LogP contribution < -0.4 is 10.1 Å². The lowest BCUT2D eigenvalue weighted by molar-refractivity contribution is -0.142. The Morgan fingerprint density at radius 1 is 1.26 bits per heavy atom. The van der Waals surface area contributed by atoms with Crippen molar-refractivity contribution >= 4 is 35.2 Å². The highest BCUT2D eigenvalue weighted by Crippen LogP contribution is 2.26. The summed E-state index contributed by atoms with van der Waals surface area (Å²) in [5.41, 5.74) is 2.06. The Labute approximate surface area is 162 Å². The van der Waals surface area contributed by atoms with E-state index in [0.29, 0.717) is 17.0 Å². The molecule has 0 fully saturated rings. The summed E-state index contributed by atoms with van der Waals surface area (Å²) in [4.78, 5) is 23.4. The van der Waals surface area contributed by atoms with Gasteiger partial charge in [0.2, 0.25) is 0 Å². The van der Waals surface area contributed by atoms with Gasteiger partial charge in [-0.2, -0.15) is 5.26 Å². The highest BCUT2D eigenvalue weighted by atomic mass is 35.5. The molecule has 0 aromatic heterocycles. The number of amides is 1. The van der Waals surface area contributed by atoms with Crippen molar-refractivity contribution in [3.05, 3.63) is 64.2 Å². The molecule has 2 aromatic rings. The number of carbonyl (C=O) groups is 2. The van der Waals surface area contributed by atoms with Crippen LogP contribution in [0, 0.1) is 18.3 Å². The number of nitrogens with zero attached hydrogens (tertiary/aromatic N) is 1. The Morgan fingerprint density at radius 3 is 2.67 bits per heavy atom. The number of halogens is 1. The maximum Gasteiger partial charge on any atom is 0.343 e. The fourth-order valence-corrected chi connectivity index (χ4v) is 2.40. The highest BCUT2D eigenvalue weighted by molar-refractivity contribution is 6.32. The molecule has 0 heterocycles. The number of hydrogen-bond acceptors (Lipinski definition) is 5. The fraction of sp³-hybridized carbons (Fsp3) is 0.150. The molecule has 0 saturated carbocycles. The second kappa shape index (κ2) is 9.41. The fourth-order valence-electron chi connectivity index (χ4n) is 2.16. The van der Waals surface area contributed by atoms with E-state index in [2.05, 4.69) is 10.1 Å². The molecule has 6 nitrogen and oxygen atoms in total. The zero-order chi connectivity index (χ0) is 19.8. The molecule has 0 unspecified atom stereocenters. The van der Waals surface area contributed by atoms with E-state index in [0.717, 1.165) is 5.56 Å². The molecule has 138 valence electrons. The predicted molar refractivity (Wildman–Crippen MR) is 102 cm³/mol. The van der Waals surface area contributed by atoms with Gasteiger partial charge in [-0.15, -0.1) is 0 Å². The quantitative estimate of drug-likeness (QED) is 0.465. The van der Waals surface area contributed by atoms with Gasteiger partial charge in [-0.1, -0.05) is 29.8 Å². The van der Waals surface area contributed by atoms with Gasteiger partial charge in [-0.25, -0.2) is 4.79 Å². The van der Waals surface area contributed by atoms with Crippen molar-refractivity contribution in [1.29, 1.82) is 5.26 Å². The van der Waals surface area contributed by atoms with E-state index >= 15 is 0 Å². The number of hydrogen-bond donors (Lipinski definition) is 1. The third-order valence-electron chi connectivity index (χ3n) is 3.48. The van der Waals surface area contributed by atoms with Crippen molar-refractivity contribution in [2.75, 3.05) is 19.0 Å². The van der Waals surface area contributed by atoms with E-state index in [4.69, 9.17) is 16.3 Å². The van der Waals surface area contributed by atoms with Gasteiger partial charge >= 0.3 is 5.97 Å². The second-order valence-corrected chi connectivity index (χ2v) is 5.96. The molecule has 2 aromatic carbocycles. The van der Waals surface area contributed by atoms with Crippen molar-refractivity contribution in [2.45, 2.75) is 6.92 Å². The van der Waals surface area contributed by atoms with Gasteiger partial charge in [-0.3, -0.25) is 4.79 Å². The van der Waals surface area contributed by atoms with Crippen LogP contribution in [0.3, 0.4) is 0 Å². The lowest BCUT2D eigenvalue weighted by Crippen LogP contribution is -2.13. The topological polar surface area (TPSA) is 88.4 Å². The first-order valence-corrected chi connectivity index (χ1v) is 8.29. The molecule has 7 heteroatoms. The second-order valence-electron chi connectivity index (χ2n) is 5.55. The van der Waals surface area contributed by atoms with Gasteiger partial charge in [0.15, 0.2) is 6.61 Å². The van der Waals surface area contributed by atoms with E-state index < -0.39 is 11.9 Å². The van der Waals surface area contributed by atoms with Crippen LogP contribution in [0.1, 0.15) is 11.1 Å². The molecule has 2 rings (SSSR count). The number of methoxy groups -OCH3 is 1. The minimum absolute atomic E-state index is 0.0733. The average Bonchev–Trinajstić information content (AvgIpc) is 2.65. The lowest BCUT2D eigenvalue weighted by Gasteiger charge is -2.08. The first-order valence-electron chi connectivity index (χ1n) is 7.92. The van der Waals surface area contributed by atoms with Crippen LogP contribution in [0.25, 0.3) is 6.08 Å². The molecule has 0 radical (unpaired) electrons. The maximum atomic E-state index is 12.3. The molecule has 27 heavy (non-hydrogen) atoms. The highest BCUT2D eigenvalue weighted by Gasteiger charge is 2.11. The van der Waals surface area contributed by atoms with Gasteiger partial charge < -0.3 is 14.8 Å². The van der Waals surface area contributed by atoms with Crippen LogP contribution >= 0.6 is 11.6 Å². The van der Waals surface area contributed by atoms with Crippen molar-refractivity contribution in [3.63, 3.8) is 0 Å². The number of ether oxygens (including phenoxy) is 2. The largest absolute Gasteiger partial charge is 0.480 e. The molecule has 0 aliphatic heterocycles. The monoisotopic (exact) mass is 384 g/mol. The minimum Gasteiger partial charge on any atom is -0.480 e. The maximum absolute atomic E-state index is 12.3. The first kappa shape index (κ1) is 20.0. The Bertz CT molecular complexity index is 932. The summed E-state index contributed by atoms with van der Waals surface area (Å²) >= 11 is 6.12. The molecule has 0 aliphatic rings. The van der Waals surface area contributed by atoms with Gasteiger partial charge in [0.1, 0.15) is 17.4 Å². The van der Waals surface area contributed by atoms with Crippen LogP contribution in [0.15, 0.2) is 48.0 Å². The first-order chi connectivity index (χ1) is 12.9. The zero-order valence-electron chi connectivity index (χ0n) is 14.8. The van der Waals surface area contributed by atoms with Crippen LogP contribution in [-0.2, 0) is 14.3 Å². The van der Waals surface area contributed by atoms with Gasteiger partial charge in [-0.05, 0) is 48.4 Å². The lowest BCUT2D eigenvalue weighted by atomic mass is 10.1. The van der Waals surface area contributed by atoms with Crippen molar-refractivity contribution in [2.24, 2.45) is 0 Å². The van der Waals surface area contributed by atoms with Crippen LogP contribution in [0.4, 0.5) is 5.69 Å². The number of anilines is 1. The summed E-state index contributed by atoms with van der Waals surface area (Å²) in [6, 6.07) is 13.8. The Balaban J connectivity index is 2.14. The third kappa shape index (κ3) is 5.87. The molecular formula is C20H17ClN2O4. The zero-order valence-corrected chi connectivity index (χ0v) is 15.5. The number of nitriles is 1. The van der Waals surface area contributed by atoms with E-state index in [1.54, 1.807) is 24.3 Å². The van der Waals surface area contributed by atoms with Crippen molar-refractivity contribution in [1.82, 2.24) is 0 Å². The van der Waals surface area contributed by atoms with E-state index in [-0.39, 0.29) is 17.2 Å². The van der Waals surface area contributed by atoms with Crippen LogP contribution in [0.5, 0.6) is 5.75 Å². The molecule has 0 aliphatic carbocycles. The van der Waals surface area contributed by atoms with Crippen molar-refractivity contribution in [3.8, 4) is 11.8 Å². The number of nitrogens with one attached hydrogen (secondary N) is 1. The standard InChI is InChI=1S/C20H17ClN2O4/c1-13-4-3-5-16(8-13)23-20(25)15(11-22)9-14-6-7-18(17(21)10-14)27-12-19(24)26-2/h3-10H,12H2,1-2H3,(H,23,25)/b15-9+. The smallest absolute Gasteiger partial charge is 0.343 e. The number of carbonyl (C=O) groups excluding carboxylic acids is 2. The Hall–Kier alpha value is -3.30. The van der Waals surface area contributed by atoms with Crippen LogP contribution in [-0.4, -0.2) is 25.6 Å². The summed E-state index contributed by atoms with van der Waals surface area (Å²) in [5.74, 6) is -0.762. The Kier molecular flexibility index (Phi) is 6.98. The van der Waals surface area contributed by atoms with Gasteiger partial charge in [0.25, 0.3) is 5.91 Å². The summed E-state index contributed by atoms with van der Waals surface area (Å²) < 4.78 is 9.73. The van der Waals surface area contributed by atoms with Gasteiger partial charge in [0, 0.05) is 5.69 Å². The Morgan fingerprint density at radius 2 is 2.04 bits per heavy atom. The summed E-state index contributed by atoms with van der Waals surface area (Å²) in [6.45, 7) is 1.64. The van der Waals surface area contributed by atoms with Gasteiger partial charge in [0.05, 0.1) is 12.1 Å². The van der Waals surface area contributed by atoms with E-state index in [1.807, 2.05) is 25.1 Å². The summed E-state index contributed by atoms with van der Waals surface area (Å²) in [7, 11) is 1.26. The van der Waals surface area contributed by atoms with Crippen molar-refractivity contribution < 1.29 is 19.1 Å². The summed E-state index contributed by atoms with van der Waals surface area (Å²) in [5, 5.41) is 12.2. The van der Waals surface area contributed by atoms with E-state index in [9.17, 15) is 14.9 Å². The molecule has 0 saturated heterocycles. The molecule has 1 amide bonds. The SMILES string of the molecule is COC(=O)COc1ccc(/C=C(\C#N)C(=O)Nc2cccc(C)c2)cc1Cl. The van der Waals surface area contributed by atoms with Crippen LogP contribution in [0.2, 0.25) is 5.02 Å². The number of aryl methyl sites for hydroxylation is 1. The average molecular weight is 385 g/mol. The molecule has 1 N–H and O–H groups in total. The molecule has 0 spiro atoms. The van der Waals surface area contributed by atoms with E-state index in [1.165, 1.54) is 19.3 Å². The molecule has 0 atom stereocenters. The third-order valence-corrected chi connectivity index (χ3v) is 3.78. The summed E-state index contributed by atoms with van der Waals surface area (Å²) in [6.07, 6.45) is 1.42. The minimum atomic E-state index is -0.533. The number of benzene rings is 2. The normalized spacial score (nSPS) is 10.7. The number of rotatable bonds is 6. The molecular weight excluding hydrogens is 368 g/mol.